The van der Waals surface area contributed by atoms with Gasteiger partial charge in [-0.15, -0.1) is 53.8 Å². The minimum absolute atomic E-state index is 0. The molecule has 0 bridgehead atoms. The maximum absolute atomic E-state index is 7.36. The Hall–Kier alpha value is -7.20. The molecule has 0 saturated heterocycles. The number of rotatable bonds is 10. The Labute approximate surface area is 503 Å². The molecule has 0 saturated carbocycles. The number of benzene rings is 8. The van der Waals surface area contributed by atoms with Crippen LogP contribution in [0.3, 0.4) is 0 Å². The van der Waals surface area contributed by atoms with Crippen molar-refractivity contribution in [3.63, 3.8) is 0 Å². The molecule has 0 radical (unpaired) electrons. The van der Waals surface area contributed by atoms with E-state index in [-0.39, 0.29) is 48.1 Å². The molecular formula is C76H79N4OPt-3. The van der Waals surface area contributed by atoms with Crippen LogP contribution < -0.4 is 14.5 Å². The molecule has 0 fully saturated rings. The van der Waals surface area contributed by atoms with Gasteiger partial charge in [0.1, 0.15) is 5.82 Å². The number of fused-ring (bicyclic) bond motifs is 4. The van der Waals surface area contributed by atoms with Crippen LogP contribution in [0, 0.1) is 18.8 Å². The van der Waals surface area contributed by atoms with Gasteiger partial charge in [0, 0.05) is 66.8 Å². The van der Waals surface area contributed by atoms with E-state index in [0.717, 1.165) is 61.5 Å². The zero-order valence-electron chi connectivity index (χ0n) is 50.9. The number of ether oxygens (including phenoxy) is 1. The van der Waals surface area contributed by atoms with E-state index in [4.69, 9.17) is 9.72 Å². The van der Waals surface area contributed by atoms with Gasteiger partial charge in [-0.2, -0.15) is 0 Å². The van der Waals surface area contributed by atoms with Gasteiger partial charge in [0.2, 0.25) is 0 Å². The van der Waals surface area contributed by atoms with Gasteiger partial charge in [0.05, 0.1) is 0 Å². The Morgan fingerprint density at radius 3 is 1.57 bits per heavy atom. The van der Waals surface area contributed by atoms with Crippen LogP contribution >= 0.6 is 0 Å². The van der Waals surface area contributed by atoms with Crippen molar-refractivity contribution in [2.45, 2.75) is 143 Å². The molecule has 0 atom stereocenters. The Morgan fingerprint density at radius 2 is 0.976 bits per heavy atom. The van der Waals surface area contributed by atoms with Gasteiger partial charge in [0.25, 0.3) is 0 Å². The van der Waals surface area contributed by atoms with E-state index in [9.17, 15) is 0 Å². The number of anilines is 4. The summed E-state index contributed by atoms with van der Waals surface area (Å²) in [4.78, 5) is 9.83. The molecule has 0 N–H and O–H groups in total. The third kappa shape index (κ3) is 10.9. The fourth-order valence-corrected chi connectivity index (χ4v) is 11.8. The molecular weight excluding hydrogens is 1180 g/mol. The number of nitrogens with zero attached hydrogens (tertiary/aromatic N) is 4. The van der Waals surface area contributed by atoms with Gasteiger partial charge in [-0.1, -0.05) is 237 Å². The van der Waals surface area contributed by atoms with Crippen molar-refractivity contribution in [1.29, 1.82) is 0 Å². The van der Waals surface area contributed by atoms with E-state index in [1.54, 1.807) is 0 Å². The van der Waals surface area contributed by atoms with Crippen LogP contribution in [0.1, 0.15) is 155 Å². The first-order chi connectivity index (χ1) is 38.2. The maximum Gasteiger partial charge on any atom is 0.135 e. The topological polar surface area (TPSA) is 33.5 Å². The van der Waals surface area contributed by atoms with Crippen LogP contribution in [-0.4, -0.2) is 9.55 Å². The molecule has 2 aromatic heterocycles. The van der Waals surface area contributed by atoms with Crippen LogP contribution in [0.4, 0.5) is 22.7 Å². The molecule has 422 valence electrons. The van der Waals surface area contributed by atoms with Crippen LogP contribution in [0.2, 0.25) is 0 Å². The van der Waals surface area contributed by atoms with Gasteiger partial charge in [-0.25, -0.2) is 4.98 Å². The van der Waals surface area contributed by atoms with Gasteiger partial charge >= 0.3 is 0 Å². The molecule has 11 rings (SSSR count). The molecule has 6 heteroatoms. The second kappa shape index (κ2) is 21.2. The van der Waals surface area contributed by atoms with Crippen molar-refractivity contribution in [1.82, 2.24) is 9.55 Å². The predicted molar refractivity (Wildman–Crippen MR) is 342 cm³/mol. The van der Waals surface area contributed by atoms with E-state index >= 15 is 0 Å². The minimum atomic E-state index is -0.438. The largest absolute Gasteiger partial charge is 0.509 e. The molecule has 82 heavy (non-hydrogen) atoms. The summed E-state index contributed by atoms with van der Waals surface area (Å²) < 4.78 is 9.64. The normalized spacial score (nSPS) is 13.4. The average Bonchev–Trinajstić information content (AvgIpc) is 3.78. The smallest absolute Gasteiger partial charge is 0.135 e. The summed E-state index contributed by atoms with van der Waals surface area (Å²) in [5.74, 6) is 2.06. The number of pyridine rings is 1. The Kier molecular flexibility index (Phi) is 15.0. The van der Waals surface area contributed by atoms with Crippen molar-refractivity contribution in [2.75, 3.05) is 9.80 Å². The predicted octanol–water partition coefficient (Wildman–Crippen LogP) is 20.5. The maximum atomic E-state index is 7.36. The van der Waals surface area contributed by atoms with Gasteiger partial charge in [0.15, 0.2) is 0 Å². The van der Waals surface area contributed by atoms with E-state index in [2.05, 4.69) is 320 Å². The molecule has 0 amide bonds. The molecule has 5 nitrogen and oxygen atoms in total. The average molecular weight is 1260 g/mol. The zero-order chi connectivity index (χ0) is 57.6. The molecule has 10 aromatic rings. The quantitative estimate of drug-likeness (QED) is 0.128. The van der Waals surface area contributed by atoms with E-state index in [1.807, 2.05) is 6.20 Å². The number of aromatic nitrogens is 2. The first-order valence-corrected chi connectivity index (χ1v) is 28.8. The van der Waals surface area contributed by atoms with Crippen molar-refractivity contribution < 1.29 is 25.8 Å². The summed E-state index contributed by atoms with van der Waals surface area (Å²) in [7, 11) is 0. The Morgan fingerprint density at radius 1 is 0.427 bits per heavy atom. The third-order valence-electron chi connectivity index (χ3n) is 16.8. The van der Waals surface area contributed by atoms with Crippen LogP contribution in [0.5, 0.6) is 11.5 Å². The van der Waals surface area contributed by atoms with Gasteiger partial charge in [-0.3, -0.25) is 0 Å². The molecule has 0 unspecified atom stereocenters. The summed E-state index contributed by atoms with van der Waals surface area (Å²) in [5, 5.41) is 2.27. The summed E-state index contributed by atoms with van der Waals surface area (Å²) in [5.41, 5.74) is 17.0. The number of para-hydroxylation sites is 1. The van der Waals surface area contributed by atoms with Crippen LogP contribution in [0.15, 0.2) is 182 Å². The van der Waals surface area contributed by atoms with Gasteiger partial charge < -0.3 is 19.1 Å². The Bertz CT molecular complexity index is 3980. The summed E-state index contributed by atoms with van der Waals surface area (Å²) in [6.07, 6.45) is 1.94. The van der Waals surface area contributed by atoms with E-state index < -0.39 is 5.41 Å². The molecule has 1 aliphatic heterocycles. The molecule has 8 aromatic carbocycles. The van der Waals surface area contributed by atoms with Crippen molar-refractivity contribution in [3.8, 4) is 28.4 Å². The van der Waals surface area contributed by atoms with Crippen molar-refractivity contribution in [3.05, 3.63) is 245 Å². The fraction of sp³-hybridized carbons (Fsp3) is 0.289. The number of hydrogen-bond acceptors (Lipinski definition) is 4. The van der Waals surface area contributed by atoms with Crippen molar-refractivity contribution >= 4 is 44.6 Å². The van der Waals surface area contributed by atoms with Crippen molar-refractivity contribution in [2.24, 2.45) is 0 Å². The second-order valence-electron chi connectivity index (χ2n) is 27.6. The molecule has 0 spiro atoms. The Balaban J connectivity index is 0.00000753. The first kappa shape index (κ1) is 58.0. The minimum Gasteiger partial charge on any atom is -0.509 e. The van der Waals surface area contributed by atoms with E-state index in [0.29, 0.717) is 11.5 Å². The molecule has 1 aliphatic rings. The van der Waals surface area contributed by atoms with Gasteiger partial charge in [-0.05, 0) is 119 Å². The standard InChI is InChI=1S/C76H79N4O.Pt/c1-71(2,3)54-36-37-77-69(43-54)80-65-35-27-26-34-61(65)70-64(76(15,16)53-32-24-19-25-33-53)45-60(46-68(70)80)81-59-42-55(72(4,5)6)40-58(44-59)79-49-78(66-47-62(73(7,8)9)63(48-67(66)79)74(10,11)12)57-39-51(50-28-20-17-21-29-50)38-56(41-57)75(13,14)52-30-22-18-23-31-52;/h17-43,45,47-49H,1-16H3;/q-3;. The monoisotopic (exact) mass is 1260 g/mol. The molecule has 3 heterocycles. The number of hydrogen-bond donors (Lipinski definition) is 0. The summed E-state index contributed by atoms with van der Waals surface area (Å²) in [6.45, 7) is 39.2. The second-order valence-corrected chi connectivity index (χ2v) is 27.6. The van der Waals surface area contributed by atoms with E-state index in [1.165, 1.54) is 44.5 Å². The third-order valence-corrected chi connectivity index (χ3v) is 16.8. The zero-order valence-corrected chi connectivity index (χ0v) is 53.2. The van der Waals surface area contributed by atoms with Crippen LogP contribution in [0.25, 0.3) is 38.8 Å². The SMILES string of the molecule is CC(C)(C)c1cc(Oc2[c-]c3c(c(C(C)(C)c4ccccc4)c2)c2ccccc2n3-c2cc(C(C)(C)C)ccn2)[c-]c(N2[CH-]N(c3cc(-c4ccccc4)cc(C(C)(C)c4ccccc4)c3)c3cc(C(C)(C)C)c(C(C)(C)C)cc32)c1.[Pt]. The fourth-order valence-electron chi connectivity index (χ4n) is 11.8. The first-order valence-electron chi connectivity index (χ1n) is 28.8. The van der Waals surface area contributed by atoms with Crippen LogP contribution in [-0.2, 0) is 53.6 Å². The summed E-state index contributed by atoms with van der Waals surface area (Å²) >= 11 is 0. The summed E-state index contributed by atoms with van der Waals surface area (Å²) in [6, 6.07) is 72.1. The molecule has 0 aliphatic carbocycles.